The Morgan fingerprint density at radius 3 is 2.17 bits per heavy atom. The van der Waals surface area contributed by atoms with Crippen molar-refractivity contribution in [1.29, 1.82) is 0 Å². The van der Waals surface area contributed by atoms with Crippen molar-refractivity contribution in [1.82, 2.24) is 9.80 Å². The normalized spacial score (nSPS) is 17.0. The molecule has 0 unspecified atom stereocenters. The summed E-state index contributed by atoms with van der Waals surface area (Å²) in [5.41, 5.74) is 3.26. The van der Waals surface area contributed by atoms with Gasteiger partial charge in [0.25, 0.3) is 0 Å². The van der Waals surface area contributed by atoms with Crippen LogP contribution in [0.3, 0.4) is 0 Å². The summed E-state index contributed by atoms with van der Waals surface area (Å²) in [6.07, 6.45) is 0.938. The molecular formula is C24H30N4O2. The Balaban J connectivity index is 1.26. The zero-order chi connectivity index (χ0) is 20.9. The van der Waals surface area contributed by atoms with Gasteiger partial charge < -0.3 is 9.80 Å². The maximum atomic E-state index is 12.8. The SMILES string of the molecule is CCN(C(=O)CN1CCN(CC(=O)N2CCc3ccccc32)CC1)c1ccccc1. The molecule has 1 fully saturated rings. The number of para-hydroxylation sites is 2. The molecule has 4 rings (SSSR count). The standard InChI is InChI=1S/C24H30N4O2/c1-2-27(21-9-4-3-5-10-21)23(29)18-25-14-16-26(17-15-25)19-24(30)28-13-12-20-8-6-7-11-22(20)28/h3-11H,2,12-19H2,1H3. The highest BCUT2D eigenvalue weighted by Crippen LogP contribution is 2.27. The lowest BCUT2D eigenvalue weighted by Crippen LogP contribution is -2.52. The van der Waals surface area contributed by atoms with Gasteiger partial charge in [0.05, 0.1) is 13.1 Å². The van der Waals surface area contributed by atoms with Gasteiger partial charge in [-0.3, -0.25) is 19.4 Å². The van der Waals surface area contributed by atoms with Crippen molar-refractivity contribution in [2.45, 2.75) is 13.3 Å². The second-order valence-electron chi connectivity index (χ2n) is 7.95. The zero-order valence-electron chi connectivity index (χ0n) is 17.7. The average Bonchev–Trinajstić information content (AvgIpc) is 3.21. The minimum absolute atomic E-state index is 0.127. The zero-order valence-corrected chi connectivity index (χ0v) is 17.7. The third-order valence-electron chi connectivity index (χ3n) is 6.06. The second-order valence-corrected chi connectivity index (χ2v) is 7.95. The smallest absolute Gasteiger partial charge is 0.241 e. The van der Waals surface area contributed by atoms with Gasteiger partial charge in [-0.2, -0.15) is 0 Å². The molecule has 0 spiro atoms. The molecule has 158 valence electrons. The summed E-state index contributed by atoms with van der Waals surface area (Å²) >= 11 is 0. The number of nitrogens with zero attached hydrogens (tertiary/aromatic N) is 4. The van der Waals surface area contributed by atoms with Gasteiger partial charge in [0.2, 0.25) is 11.8 Å². The van der Waals surface area contributed by atoms with E-state index in [-0.39, 0.29) is 11.8 Å². The molecule has 0 bridgehead atoms. The molecule has 0 saturated carbocycles. The fraction of sp³-hybridized carbons (Fsp3) is 0.417. The minimum atomic E-state index is 0.127. The Bertz CT molecular complexity index is 854. The second kappa shape index (κ2) is 9.41. The van der Waals surface area contributed by atoms with E-state index in [2.05, 4.69) is 15.9 Å². The first-order valence-electron chi connectivity index (χ1n) is 10.8. The van der Waals surface area contributed by atoms with Crippen LogP contribution in [0.4, 0.5) is 11.4 Å². The molecular weight excluding hydrogens is 376 g/mol. The number of amides is 2. The molecule has 2 aromatic rings. The molecule has 2 aliphatic heterocycles. The largest absolute Gasteiger partial charge is 0.312 e. The van der Waals surface area contributed by atoms with Crippen LogP contribution < -0.4 is 9.80 Å². The van der Waals surface area contributed by atoms with Gasteiger partial charge in [0.15, 0.2) is 0 Å². The number of rotatable bonds is 6. The number of anilines is 2. The third kappa shape index (κ3) is 4.55. The number of carbonyl (C=O) groups is 2. The minimum Gasteiger partial charge on any atom is -0.312 e. The molecule has 0 atom stereocenters. The molecule has 30 heavy (non-hydrogen) atoms. The number of benzene rings is 2. The van der Waals surface area contributed by atoms with Crippen molar-refractivity contribution >= 4 is 23.2 Å². The van der Waals surface area contributed by atoms with Gasteiger partial charge in [0, 0.05) is 50.6 Å². The lowest BCUT2D eigenvalue weighted by molar-refractivity contribution is -0.122. The van der Waals surface area contributed by atoms with E-state index in [9.17, 15) is 9.59 Å². The highest BCUT2D eigenvalue weighted by atomic mass is 16.2. The molecule has 1 saturated heterocycles. The lowest BCUT2D eigenvalue weighted by Gasteiger charge is -2.35. The molecule has 0 radical (unpaired) electrons. The van der Waals surface area contributed by atoms with Gasteiger partial charge in [-0.15, -0.1) is 0 Å². The summed E-state index contributed by atoms with van der Waals surface area (Å²) in [6, 6.07) is 18.0. The number of likely N-dealkylation sites (N-methyl/N-ethyl adjacent to an activating group) is 1. The van der Waals surface area contributed by atoms with Crippen molar-refractivity contribution < 1.29 is 9.59 Å². The van der Waals surface area contributed by atoms with Crippen molar-refractivity contribution in [2.75, 3.05) is 62.2 Å². The van der Waals surface area contributed by atoms with E-state index in [1.165, 1.54) is 5.56 Å². The van der Waals surface area contributed by atoms with E-state index >= 15 is 0 Å². The van der Waals surface area contributed by atoms with E-state index in [4.69, 9.17) is 0 Å². The van der Waals surface area contributed by atoms with Crippen molar-refractivity contribution in [2.24, 2.45) is 0 Å². The summed E-state index contributed by atoms with van der Waals surface area (Å²) in [5.74, 6) is 0.299. The summed E-state index contributed by atoms with van der Waals surface area (Å²) in [4.78, 5) is 33.8. The van der Waals surface area contributed by atoms with E-state index in [0.29, 0.717) is 19.6 Å². The van der Waals surface area contributed by atoms with Crippen molar-refractivity contribution in [3.8, 4) is 0 Å². The number of hydrogen-bond acceptors (Lipinski definition) is 4. The van der Waals surface area contributed by atoms with Gasteiger partial charge >= 0.3 is 0 Å². The van der Waals surface area contributed by atoms with Crippen LogP contribution in [0, 0.1) is 0 Å². The summed E-state index contributed by atoms with van der Waals surface area (Å²) < 4.78 is 0. The van der Waals surface area contributed by atoms with Crippen LogP contribution in [0.5, 0.6) is 0 Å². The molecule has 2 aliphatic rings. The summed E-state index contributed by atoms with van der Waals surface area (Å²) in [6.45, 7) is 7.55. The van der Waals surface area contributed by atoms with Crippen molar-refractivity contribution in [3.05, 3.63) is 60.2 Å². The number of fused-ring (bicyclic) bond motifs is 1. The Kier molecular flexibility index (Phi) is 6.45. The average molecular weight is 407 g/mol. The molecule has 0 aromatic heterocycles. The molecule has 2 heterocycles. The maximum absolute atomic E-state index is 12.8. The topological polar surface area (TPSA) is 47.1 Å². The first-order valence-corrected chi connectivity index (χ1v) is 10.8. The Morgan fingerprint density at radius 2 is 1.47 bits per heavy atom. The third-order valence-corrected chi connectivity index (χ3v) is 6.06. The summed E-state index contributed by atoms with van der Waals surface area (Å²) in [7, 11) is 0. The van der Waals surface area contributed by atoms with Crippen LogP contribution in [-0.2, 0) is 16.0 Å². The van der Waals surface area contributed by atoms with E-state index < -0.39 is 0 Å². The van der Waals surface area contributed by atoms with Crippen LogP contribution in [0.2, 0.25) is 0 Å². The molecule has 6 heteroatoms. The Labute approximate surface area is 178 Å². The van der Waals surface area contributed by atoms with Crippen molar-refractivity contribution in [3.63, 3.8) is 0 Å². The molecule has 2 aromatic carbocycles. The molecule has 0 N–H and O–H groups in total. The van der Waals surface area contributed by atoms with Gasteiger partial charge in [-0.1, -0.05) is 36.4 Å². The predicted octanol–water partition coefficient (Wildman–Crippen LogP) is 2.25. The van der Waals surface area contributed by atoms with E-state index in [1.54, 1.807) is 0 Å². The molecule has 0 aliphatic carbocycles. The Morgan fingerprint density at radius 1 is 0.833 bits per heavy atom. The first kappa shape index (κ1) is 20.6. The van der Waals surface area contributed by atoms with Crippen LogP contribution in [-0.4, -0.2) is 74.0 Å². The fourth-order valence-corrected chi connectivity index (χ4v) is 4.37. The summed E-state index contributed by atoms with van der Waals surface area (Å²) in [5, 5.41) is 0. The first-order chi connectivity index (χ1) is 14.7. The van der Waals surface area contributed by atoms with Gasteiger partial charge in [-0.25, -0.2) is 0 Å². The number of piperazine rings is 1. The monoisotopic (exact) mass is 406 g/mol. The van der Waals surface area contributed by atoms with Crippen LogP contribution in [0.1, 0.15) is 12.5 Å². The molecule has 6 nitrogen and oxygen atoms in total. The highest BCUT2D eigenvalue weighted by molar-refractivity contribution is 5.97. The lowest BCUT2D eigenvalue weighted by atomic mass is 10.2. The maximum Gasteiger partial charge on any atom is 0.241 e. The quantitative estimate of drug-likeness (QED) is 0.738. The fourth-order valence-electron chi connectivity index (χ4n) is 4.37. The number of carbonyl (C=O) groups excluding carboxylic acids is 2. The van der Waals surface area contributed by atoms with Crippen LogP contribution >= 0.6 is 0 Å². The van der Waals surface area contributed by atoms with E-state index in [0.717, 1.165) is 50.5 Å². The highest BCUT2D eigenvalue weighted by Gasteiger charge is 2.27. The van der Waals surface area contributed by atoms with Gasteiger partial charge in [0.1, 0.15) is 0 Å². The predicted molar refractivity (Wildman–Crippen MR) is 120 cm³/mol. The van der Waals surface area contributed by atoms with Gasteiger partial charge in [-0.05, 0) is 37.1 Å². The number of hydrogen-bond donors (Lipinski definition) is 0. The Hall–Kier alpha value is -2.70. The van der Waals surface area contributed by atoms with Crippen LogP contribution in [0.15, 0.2) is 54.6 Å². The molecule has 2 amide bonds. The van der Waals surface area contributed by atoms with E-state index in [1.807, 2.05) is 65.3 Å². The van der Waals surface area contributed by atoms with Crippen LogP contribution in [0.25, 0.3) is 0 Å².